The van der Waals surface area contributed by atoms with Crippen molar-refractivity contribution in [3.8, 4) is 6.07 Å². The molecule has 0 aromatic heterocycles. The third kappa shape index (κ3) is 3.09. The van der Waals surface area contributed by atoms with Crippen LogP contribution in [0.2, 0.25) is 0 Å². The van der Waals surface area contributed by atoms with Gasteiger partial charge in [0.2, 0.25) is 0 Å². The molecule has 0 aromatic rings. The van der Waals surface area contributed by atoms with E-state index in [9.17, 15) is 0 Å². The highest BCUT2D eigenvalue weighted by Gasteiger charge is 2.18. The van der Waals surface area contributed by atoms with Crippen LogP contribution >= 0.6 is 12.4 Å². The lowest BCUT2D eigenvalue weighted by atomic mass is 9.87. The predicted molar refractivity (Wildman–Crippen MR) is 47.6 cm³/mol. The van der Waals surface area contributed by atoms with Crippen molar-refractivity contribution in [1.82, 2.24) is 5.32 Å². The van der Waals surface area contributed by atoms with E-state index in [0.29, 0.717) is 5.92 Å². The molecule has 0 aliphatic carbocycles. The summed E-state index contributed by atoms with van der Waals surface area (Å²) in [5.41, 5.74) is 0. The predicted octanol–water partition coefficient (Wildman–Crippen LogP) is 1.57. The highest BCUT2D eigenvalue weighted by molar-refractivity contribution is 5.85. The number of hydrogen-bond donors (Lipinski definition) is 1. The van der Waals surface area contributed by atoms with Gasteiger partial charge in [-0.1, -0.05) is 0 Å². The number of halogens is 1. The Kier molecular flexibility index (Phi) is 5.27. The number of nitrogens with one attached hydrogen (secondary N) is 1. The molecule has 1 atom stereocenters. The fourth-order valence-electron chi connectivity index (χ4n) is 1.45. The Balaban J connectivity index is 0.000001000. The zero-order valence-electron chi connectivity index (χ0n) is 6.84. The Morgan fingerprint density at radius 1 is 1.45 bits per heavy atom. The lowest BCUT2D eigenvalue weighted by molar-refractivity contribution is 0.318. The van der Waals surface area contributed by atoms with Crippen LogP contribution < -0.4 is 5.32 Å². The molecule has 64 valence electrons. The van der Waals surface area contributed by atoms with Crippen molar-refractivity contribution in [2.24, 2.45) is 11.8 Å². The summed E-state index contributed by atoms with van der Waals surface area (Å²) in [6.07, 6.45) is 2.35. The van der Waals surface area contributed by atoms with Crippen molar-refractivity contribution in [2.45, 2.75) is 19.8 Å². The molecule has 1 N–H and O–H groups in total. The van der Waals surface area contributed by atoms with Gasteiger partial charge in [0, 0.05) is 5.92 Å². The molecule has 3 heteroatoms. The average Bonchev–Trinajstić information content (AvgIpc) is 2.05. The fraction of sp³-hybridized carbons (Fsp3) is 0.875. The van der Waals surface area contributed by atoms with E-state index in [2.05, 4.69) is 11.4 Å². The van der Waals surface area contributed by atoms with Crippen LogP contribution in [0.25, 0.3) is 0 Å². The zero-order valence-corrected chi connectivity index (χ0v) is 7.66. The summed E-state index contributed by atoms with van der Waals surface area (Å²) in [5, 5.41) is 11.9. The van der Waals surface area contributed by atoms with E-state index in [0.717, 1.165) is 13.1 Å². The minimum absolute atomic E-state index is 0. The molecule has 0 saturated carbocycles. The lowest BCUT2D eigenvalue weighted by Crippen LogP contribution is -2.30. The van der Waals surface area contributed by atoms with Crippen molar-refractivity contribution >= 4 is 12.4 Å². The average molecular weight is 175 g/mol. The molecule has 0 bridgehead atoms. The highest BCUT2D eigenvalue weighted by Crippen LogP contribution is 2.20. The zero-order chi connectivity index (χ0) is 7.40. The van der Waals surface area contributed by atoms with Gasteiger partial charge in [-0.2, -0.15) is 5.26 Å². The second-order valence-electron chi connectivity index (χ2n) is 3.01. The monoisotopic (exact) mass is 174 g/mol. The van der Waals surface area contributed by atoms with Gasteiger partial charge < -0.3 is 5.32 Å². The van der Waals surface area contributed by atoms with E-state index in [1.165, 1.54) is 12.8 Å². The minimum atomic E-state index is 0. The molecule has 2 nitrogen and oxygen atoms in total. The SMILES string of the molecule is CC(C#N)C1CCNCC1.Cl. The first-order chi connectivity index (χ1) is 4.84. The van der Waals surface area contributed by atoms with E-state index < -0.39 is 0 Å². The molecule has 0 radical (unpaired) electrons. The van der Waals surface area contributed by atoms with Crippen LogP contribution in [-0.4, -0.2) is 13.1 Å². The summed E-state index contributed by atoms with van der Waals surface area (Å²) in [6, 6.07) is 2.31. The maximum absolute atomic E-state index is 8.62. The number of rotatable bonds is 1. The molecule has 0 aromatic carbocycles. The summed E-state index contributed by atoms with van der Waals surface area (Å²) >= 11 is 0. The molecule has 0 spiro atoms. The Hall–Kier alpha value is -0.260. The standard InChI is InChI=1S/C8H14N2.ClH/c1-7(6-9)8-2-4-10-5-3-8;/h7-8,10H,2-5H2,1H3;1H. The Bertz CT molecular complexity index is 136. The topological polar surface area (TPSA) is 35.8 Å². The molecule has 1 rings (SSSR count). The van der Waals surface area contributed by atoms with Crippen molar-refractivity contribution < 1.29 is 0 Å². The van der Waals surface area contributed by atoms with E-state index in [-0.39, 0.29) is 18.3 Å². The van der Waals surface area contributed by atoms with E-state index in [4.69, 9.17) is 5.26 Å². The quantitative estimate of drug-likeness (QED) is 0.655. The second-order valence-corrected chi connectivity index (χ2v) is 3.01. The number of nitriles is 1. The van der Waals surface area contributed by atoms with Gasteiger partial charge in [-0.05, 0) is 38.8 Å². The third-order valence-corrected chi connectivity index (χ3v) is 2.29. The molecular formula is C8H15ClN2. The summed E-state index contributed by atoms with van der Waals surface area (Å²) < 4.78 is 0. The van der Waals surface area contributed by atoms with Crippen LogP contribution in [0, 0.1) is 23.2 Å². The van der Waals surface area contributed by atoms with Crippen molar-refractivity contribution in [3.63, 3.8) is 0 Å². The molecule has 1 fully saturated rings. The molecule has 1 aliphatic heterocycles. The Morgan fingerprint density at radius 2 is 2.00 bits per heavy atom. The smallest absolute Gasteiger partial charge is 0.0655 e. The van der Waals surface area contributed by atoms with Gasteiger partial charge in [0.15, 0.2) is 0 Å². The lowest BCUT2D eigenvalue weighted by Gasteiger charge is -2.23. The van der Waals surface area contributed by atoms with Gasteiger partial charge in [0.05, 0.1) is 6.07 Å². The van der Waals surface area contributed by atoms with E-state index in [1.54, 1.807) is 0 Å². The van der Waals surface area contributed by atoms with Gasteiger partial charge >= 0.3 is 0 Å². The summed E-state index contributed by atoms with van der Waals surface area (Å²) in [4.78, 5) is 0. The van der Waals surface area contributed by atoms with E-state index >= 15 is 0 Å². The minimum Gasteiger partial charge on any atom is -0.317 e. The third-order valence-electron chi connectivity index (χ3n) is 2.29. The summed E-state index contributed by atoms with van der Waals surface area (Å²) in [6.45, 7) is 4.21. The molecule has 11 heavy (non-hydrogen) atoms. The highest BCUT2D eigenvalue weighted by atomic mass is 35.5. The van der Waals surface area contributed by atoms with Crippen LogP contribution in [0.1, 0.15) is 19.8 Å². The van der Waals surface area contributed by atoms with Crippen molar-refractivity contribution in [2.75, 3.05) is 13.1 Å². The Morgan fingerprint density at radius 3 is 2.45 bits per heavy atom. The molecular weight excluding hydrogens is 160 g/mol. The molecule has 1 unspecified atom stereocenters. The van der Waals surface area contributed by atoms with Gasteiger partial charge in [0.25, 0.3) is 0 Å². The van der Waals surface area contributed by atoms with Crippen molar-refractivity contribution in [1.29, 1.82) is 5.26 Å². The largest absolute Gasteiger partial charge is 0.317 e. The van der Waals surface area contributed by atoms with Crippen LogP contribution in [0.4, 0.5) is 0 Å². The van der Waals surface area contributed by atoms with Gasteiger partial charge in [-0.15, -0.1) is 12.4 Å². The summed E-state index contributed by atoms with van der Waals surface area (Å²) in [7, 11) is 0. The van der Waals surface area contributed by atoms with Crippen LogP contribution in [0.15, 0.2) is 0 Å². The molecule has 0 amide bonds. The number of hydrogen-bond acceptors (Lipinski definition) is 2. The first-order valence-corrected chi connectivity index (χ1v) is 3.95. The first kappa shape index (κ1) is 10.7. The fourth-order valence-corrected chi connectivity index (χ4v) is 1.45. The summed E-state index contributed by atoms with van der Waals surface area (Å²) in [5.74, 6) is 0.897. The normalized spacial score (nSPS) is 21.5. The van der Waals surface area contributed by atoms with Crippen LogP contribution in [-0.2, 0) is 0 Å². The molecule has 1 saturated heterocycles. The molecule has 1 heterocycles. The molecule has 1 aliphatic rings. The maximum atomic E-state index is 8.62. The second kappa shape index (κ2) is 5.40. The van der Waals surface area contributed by atoms with Crippen LogP contribution in [0.3, 0.4) is 0 Å². The van der Waals surface area contributed by atoms with E-state index in [1.807, 2.05) is 6.92 Å². The van der Waals surface area contributed by atoms with Gasteiger partial charge in [0.1, 0.15) is 0 Å². The van der Waals surface area contributed by atoms with Crippen LogP contribution in [0.5, 0.6) is 0 Å². The number of nitrogens with zero attached hydrogens (tertiary/aromatic N) is 1. The first-order valence-electron chi connectivity index (χ1n) is 3.95. The number of piperidine rings is 1. The van der Waals surface area contributed by atoms with Gasteiger partial charge in [-0.3, -0.25) is 0 Å². The van der Waals surface area contributed by atoms with Crippen molar-refractivity contribution in [3.05, 3.63) is 0 Å². The maximum Gasteiger partial charge on any atom is 0.0655 e. The Labute approximate surface area is 74.4 Å². The van der Waals surface area contributed by atoms with Gasteiger partial charge in [-0.25, -0.2) is 0 Å².